The fourth-order valence-corrected chi connectivity index (χ4v) is 3.89. The molecule has 0 saturated carbocycles. The topological polar surface area (TPSA) is 66.0 Å². The summed E-state index contributed by atoms with van der Waals surface area (Å²) >= 11 is 0. The summed E-state index contributed by atoms with van der Waals surface area (Å²) in [5, 5.41) is 3.03. The molecule has 0 aliphatic carbocycles. The first-order valence-corrected chi connectivity index (χ1v) is 11.0. The van der Waals surface area contributed by atoms with E-state index in [0.29, 0.717) is 18.5 Å². The highest BCUT2D eigenvalue weighted by Crippen LogP contribution is 2.36. The summed E-state index contributed by atoms with van der Waals surface area (Å²) in [5.74, 6) is 0.371. The van der Waals surface area contributed by atoms with Crippen LogP contribution in [0.1, 0.15) is 52.9 Å². The van der Waals surface area contributed by atoms with E-state index in [4.69, 9.17) is 18.5 Å². The molecular formula is C20H32NO5P. The molecule has 1 fully saturated rings. The second kappa shape index (κ2) is 12.3. The molecule has 3 atom stereocenters. The third-order valence-corrected chi connectivity index (χ3v) is 5.28. The van der Waals surface area contributed by atoms with Gasteiger partial charge in [-0.05, 0) is 45.2 Å². The Labute approximate surface area is 163 Å². The Morgan fingerprint density at radius 3 is 2.70 bits per heavy atom. The van der Waals surface area contributed by atoms with Crippen molar-refractivity contribution in [3.05, 3.63) is 30.3 Å². The van der Waals surface area contributed by atoms with Crippen LogP contribution in [0, 0.1) is 0 Å². The van der Waals surface area contributed by atoms with Crippen molar-refractivity contribution in [3.8, 4) is 5.75 Å². The molecule has 152 valence electrons. The highest BCUT2D eigenvalue weighted by atomic mass is 31.2. The average Bonchev–Trinajstić information content (AvgIpc) is 3.10. The zero-order valence-electron chi connectivity index (χ0n) is 16.6. The number of benzene rings is 1. The Bertz CT molecular complexity index is 542. The minimum Gasteiger partial charge on any atom is -0.462 e. The second-order valence-electron chi connectivity index (χ2n) is 6.93. The number of rotatable bonds is 12. The van der Waals surface area contributed by atoms with Crippen LogP contribution in [0.5, 0.6) is 5.75 Å². The van der Waals surface area contributed by atoms with Crippen molar-refractivity contribution >= 4 is 14.5 Å². The number of esters is 1. The van der Waals surface area contributed by atoms with Gasteiger partial charge < -0.3 is 18.5 Å². The van der Waals surface area contributed by atoms with Gasteiger partial charge in [0.15, 0.2) is 0 Å². The molecule has 27 heavy (non-hydrogen) atoms. The SMILES string of the molecule is CCCCC1CCC(COP(NCC(=O)OC(C)C)Oc2ccccc2)O1. The number of hydrogen-bond acceptors (Lipinski definition) is 6. The molecule has 0 spiro atoms. The van der Waals surface area contributed by atoms with Crippen LogP contribution in [0.2, 0.25) is 0 Å². The van der Waals surface area contributed by atoms with Crippen LogP contribution in [0.15, 0.2) is 30.3 Å². The molecule has 0 amide bonds. The van der Waals surface area contributed by atoms with Crippen LogP contribution in [-0.4, -0.2) is 37.4 Å². The Hall–Kier alpha value is -1.20. The van der Waals surface area contributed by atoms with E-state index in [0.717, 1.165) is 19.3 Å². The van der Waals surface area contributed by atoms with Crippen LogP contribution < -0.4 is 9.61 Å². The van der Waals surface area contributed by atoms with Crippen molar-refractivity contribution in [1.82, 2.24) is 5.09 Å². The number of hydrogen-bond donors (Lipinski definition) is 1. The minimum absolute atomic E-state index is 0.0430. The normalized spacial score (nSPS) is 20.6. The molecule has 1 aliphatic heterocycles. The van der Waals surface area contributed by atoms with Gasteiger partial charge >= 0.3 is 14.5 Å². The zero-order chi connectivity index (χ0) is 19.5. The van der Waals surface area contributed by atoms with Crippen LogP contribution >= 0.6 is 8.53 Å². The van der Waals surface area contributed by atoms with Crippen LogP contribution in [0.25, 0.3) is 0 Å². The molecule has 2 rings (SSSR count). The smallest absolute Gasteiger partial charge is 0.320 e. The average molecular weight is 397 g/mol. The van der Waals surface area contributed by atoms with E-state index in [1.165, 1.54) is 12.8 Å². The summed E-state index contributed by atoms with van der Waals surface area (Å²) in [6.07, 6.45) is 5.86. The molecule has 6 nitrogen and oxygen atoms in total. The lowest BCUT2D eigenvalue weighted by molar-refractivity contribution is -0.145. The molecular weight excluding hydrogens is 365 g/mol. The molecule has 0 aromatic heterocycles. The van der Waals surface area contributed by atoms with Crippen molar-refractivity contribution < 1.29 is 23.3 Å². The van der Waals surface area contributed by atoms with E-state index >= 15 is 0 Å². The summed E-state index contributed by atoms with van der Waals surface area (Å²) in [5.41, 5.74) is 0. The molecule has 1 saturated heterocycles. The first-order chi connectivity index (χ1) is 13.1. The van der Waals surface area contributed by atoms with E-state index in [2.05, 4.69) is 12.0 Å². The third-order valence-electron chi connectivity index (χ3n) is 4.10. The van der Waals surface area contributed by atoms with E-state index < -0.39 is 8.53 Å². The van der Waals surface area contributed by atoms with Crippen LogP contribution in [-0.2, 0) is 18.8 Å². The predicted octanol–water partition coefficient (Wildman–Crippen LogP) is 4.59. The van der Waals surface area contributed by atoms with E-state index in [9.17, 15) is 4.79 Å². The van der Waals surface area contributed by atoms with Gasteiger partial charge in [0.05, 0.1) is 24.9 Å². The number of nitrogens with one attached hydrogen (secondary N) is 1. The summed E-state index contributed by atoms with van der Waals surface area (Å²) in [7, 11) is -1.47. The van der Waals surface area contributed by atoms with Crippen molar-refractivity contribution in [2.75, 3.05) is 13.2 Å². The van der Waals surface area contributed by atoms with E-state index in [1.54, 1.807) is 0 Å². The van der Waals surface area contributed by atoms with Gasteiger partial charge in [-0.1, -0.05) is 38.0 Å². The lowest BCUT2D eigenvalue weighted by Crippen LogP contribution is -2.26. The standard InChI is InChI=1S/C20H32NO5P/c1-4-5-9-17-12-13-19(25-17)15-23-27(21-14-20(22)24-16(2)3)26-18-10-7-6-8-11-18/h6-8,10-11,16-17,19,21H,4-5,9,12-15H2,1-3H3. The van der Waals surface area contributed by atoms with Crippen LogP contribution in [0.3, 0.4) is 0 Å². The second-order valence-corrected chi connectivity index (χ2v) is 8.20. The van der Waals surface area contributed by atoms with E-state index in [-0.39, 0.29) is 24.7 Å². The highest BCUT2D eigenvalue weighted by Gasteiger charge is 2.27. The van der Waals surface area contributed by atoms with Crippen LogP contribution in [0.4, 0.5) is 0 Å². The number of para-hydroxylation sites is 1. The molecule has 1 heterocycles. The van der Waals surface area contributed by atoms with Gasteiger partial charge in [0, 0.05) is 0 Å². The van der Waals surface area contributed by atoms with E-state index in [1.807, 2.05) is 44.2 Å². The minimum atomic E-state index is -1.47. The van der Waals surface area contributed by atoms with Gasteiger partial charge in [-0.15, -0.1) is 0 Å². The maximum absolute atomic E-state index is 11.8. The zero-order valence-corrected chi connectivity index (χ0v) is 17.5. The monoisotopic (exact) mass is 397 g/mol. The van der Waals surface area contributed by atoms with Gasteiger partial charge in [0.25, 0.3) is 0 Å². The first kappa shape index (κ1) is 22.1. The maximum Gasteiger partial charge on any atom is 0.320 e. The van der Waals surface area contributed by atoms with Crippen molar-refractivity contribution in [2.45, 2.75) is 71.2 Å². The molecule has 0 radical (unpaired) electrons. The lowest BCUT2D eigenvalue weighted by atomic mass is 10.1. The van der Waals surface area contributed by atoms with Gasteiger partial charge in [0.1, 0.15) is 12.3 Å². The number of carbonyl (C=O) groups excluding carboxylic acids is 1. The first-order valence-electron chi connectivity index (χ1n) is 9.81. The molecule has 1 aliphatic rings. The molecule has 1 N–H and O–H groups in total. The summed E-state index contributed by atoms with van der Waals surface area (Å²) in [4.78, 5) is 11.8. The molecule has 1 aromatic rings. The summed E-state index contributed by atoms with van der Waals surface area (Å²) in [6, 6.07) is 9.44. The summed E-state index contributed by atoms with van der Waals surface area (Å²) < 4.78 is 23.0. The third kappa shape index (κ3) is 9.02. The van der Waals surface area contributed by atoms with Gasteiger partial charge in [-0.2, -0.15) is 0 Å². The lowest BCUT2D eigenvalue weighted by Gasteiger charge is -2.21. The number of ether oxygens (including phenoxy) is 2. The molecule has 1 aromatic carbocycles. The predicted molar refractivity (Wildman–Crippen MR) is 107 cm³/mol. The molecule has 0 bridgehead atoms. The Morgan fingerprint density at radius 2 is 2.00 bits per heavy atom. The van der Waals surface area contributed by atoms with Crippen molar-refractivity contribution in [3.63, 3.8) is 0 Å². The Balaban J connectivity index is 1.81. The maximum atomic E-state index is 11.8. The van der Waals surface area contributed by atoms with Crippen molar-refractivity contribution in [1.29, 1.82) is 0 Å². The number of carbonyl (C=O) groups is 1. The summed E-state index contributed by atoms with van der Waals surface area (Å²) in [6.45, 7) is 6.34. The largest absolute Gasteiger partial charge is 0.462 e. The highest BCUT2D eigenvalue weighted by molar-refractivity contribution is 7.45. The Morgan fingerprint density at radius 1 is 1.26 bits per heavy atom. The Kier molecular flexibility index (Phi) is 10.1. The molecule has 3 unspecified atom stereocenters. The van der Waals surface area contributed by atoms with Gasteiger partial charge in [0.2, 0.25) is 0 Å². The quantitative estimate of drug-likeness (QED) is 0.411. The van der Waals surface area contributed by atoms with Crippen molar-refractivity contribution in [2.24, 2.45) is 0 Å². The fraction of sp³-hybridized carbons (Fsp3) is 0.650. The fourth-order valence-electron chi connectivity index (χ4n) is 2.81. The van der Waals surface area contributed by atoms with Gasteiger partial charge in [-0.3, -0.25) is 4.79 Å². The molecule has 7 heteroatoms. The number of unbranched alkanes of at least 4 members (excludes halogenated alkanes) is 1. The van der Waals surface area contributed by atoms with Gasteiger partial charge in [-0.25, -0.2) is 5.09 Å².